The summed E-state index contributed by atoms with van der Waals surface area (Å²) >= 11 is 0. The number of methoxy groups -OCH3 is 1. The van der Waals surface area contributed by atoms with E-state index in [-0.39, 0.29) is 12.3 Å². The van der Waals surface area contributed by atoms with Crippen LogP contribution in [0.5, 0.6) is 11.5 Å². The van der Waals surface area contributed by atoms with Crippen LogP contribution in [0, 0.1) is 5.92 Å². The third kappa shape index (κ3) is 2.88. The monoisotopic (exact) mass is 362 g/mol. The Bertz CT molecular complexity index is 843. The number of hydrazone groups is 1. The van der Waals surface area contributed by atoms with Crippen LogP contribution in [0.2, 0.25) is 0 Å². The second-order valence-electron chi connectivity index (χ2n) is 7.80. The molecule has 0 unspecified atom stereocenters. The smallest absolute Gasteiger partial charge is 0.190 e. The molecule has 2 aromatic rings. The van der Waals surface area contributed by atoms with Gasteiger partial charge >= 0.3 is 0 Å². The number of fused-ring (bicyclic) bond motifs is 3. The normalized spacial score (nSPS) is 24.6. The Morgan fingerprint density at radius 1 is 1.00 bits per heavy atom. The van der Waals surface area contributed by atoms with Crippen LogP contribution in [0.15, 0.2) is 53.6 Å². The van der Waals surface area contributed by atoms with E-state index in [0.717, 1.165) is 23.6 Å². The van der Waals surface area contributed by atoms with E-state index < -0.39 is 0 Å². The molecule has 2 aliphatic heterocycles. The van der Waals surface area contributed by atoms with Gasteiger partial charge in [0.15, 0.2) is 17.7 Å². The van der Waals surface area contributed by atoms with E-state index in [1.807, 2.05) is 6.07 Å². The summed E-state index contributed by atoms with van der Waals surface area (Å²) in [5.74, 6) is 2.28. The Balaban J connectivity index is 1.56. The van der Waals surface area contributed by atoms with Gasteiger partial charge < -0.3 is 9.47 Å². The van der Waals surface area contributed by atoms with Crippen molar-refractivity contribution in [2.45, 2.75) is 50.8 Å². The van der Waals surface area contributed by atoms with Gasteiger partial charge in [0.1, 0.15) is 0 Å². The summed E-state index contributed by atoms with van der Waals surface area (Å²) in [6.07, 6.45) is 7.26. The van der Waals surface area contributed by atoms with Crippen LogP contribution in [0.1, 0.15) is 55.7 Å². The molecule has 2 aromatic carbocycles. The number of nitrogens with zero attached hydrogens (tertiary/aromatic N) is 2. The van der Waals surface area contributed by atoms with E-state index >= 15 is 0 Å². The summed E-state index contributed by atoms with van der Waals surface area (Å²) in [4.78, 5) is 0. The van der Waals surface area contributed by atoms with Gasteiger partial charge in [0.05, 0.1) is 18.9 Å². The summed E-state index contributed by atoms with van der Waals surface area (Å²) in [6.45, 7) is 0. The summed E-state index contributed by atoms with van der Waals surface area (Å²) in [5.41, 5.74) is 3.55. The molecule has 0 saturated heterocycles. The van der Waals surface area contributed by atoms with Crippen LogP contribution >= 0.6 is 0 Å². The third-order valence-electron chi connectivity index (χ3n) is 6.19. The second-order valence-corrected chi connectivity index (χ2v) is 7.80. The molecule has 0 N–H and O–H groups in total. The minimum atomic E-state index is 0.000289. The van der Waals surface area contributed by atoms with E-state index in [2.05, 4.69) is 47.5 Å². The van der Waals surface area contributed by atoms with E-state index in [0.29, 0.717) is 5.92 Å². The molecule has 1 aliphatic carbocycles. The number of rotatable bonds is 3. The van der Waals surface area contributed by atoms with Gasteiger partial charge in [-0.05, 0) is 24.5 Å². The molecule has 0 radical (unpaired) electrons. The zero-order valence-corrected chi connectivity index (χ0v) is 15.8. The molecule has 27 heavy (non-hydrogen) atoms. The maximum Gasteiger partial charge on any atom is 0.190 e. The Labute approximate surface area is 160 Å². The standard InChI is InChI=1S/C23H26N2O2/c1-26-21-14-8-13-18-20-15-19(16-9-4-2-5-10-16)24-25(20)23(27-22(18)21)17-11-6-3-7-12-17/h2,4-5,8-10,13-14,17,20,23H,3,6-7,11-12,15H2,1H3/t20-,23+/m0/s1. The number of para-hydroxylation sites is 1. The van der Waals surface area contributed by atoms with E-state index in [9.17, 15) is 0 Å². The number of hydrogen-bond acceptors (Lipinski definition) is 4. The zero-order chi connectivity index (χ0) is 18.2. The molecule has 140 valence electrons. The third-order valence-corrected chi connectivity index (χ3v) is 6.19. The molecule has 0 spiro atoms. The average Bonchev–Trinajstić information content (AvgIpc) is 3.20. The summed E-state index contributed by atoms with van der Waals surface area (Å²) in [7, 11) is 1.72. The number of benzene rings is 2. The van der Waals surface area contributed by atoms with Gasteiger partial charge in [0, 0.05) is 17.9 Å². The number of ether oxygens (including phenoxy) is 2. The van der Waals surface area contributed by atoms with Crippen LogP contribution in [-0.4, -0.2) is 24.1 Å². The summed E-state index contributed by atoms with van der Waals surface area (Å²) < 4.78 is 12.2. The van der Waals surface area contributed by atoms with Gasteiger partial charge in [-0.25, -0.2) is 5.01 Å². The molecule has 5 rings (SSSR count). The average molecular weight is 362 g/mol. The molecule has 4 nitrogen and oxygen atoms in total. The van der Waals surface area contributed by atoms with Crippen molar-refractivity contribution in [1.29, 1.82) is 0 Å². The highest BCUT2D eigenvalue weighted by Crippen LogP contribution is 2.49. The Hall–Kier alpha value is -2.49. The maximum absolute atomic E-state index is 6.59. The molecule has 4 heteroatoms. The highest BCUT2D eigenvalue weighted by atomic mass is 16.5. The predicted molar refractivity (Wildman–Crippen MR) is 106 cm³/mol. The zero-order valence-electron chi connectivity index (χ0n) is 15.8. The first-order chi connectivity index (χ1) is 13.3. The molecule has 1 saturated carbocycles. The molecule has 0 amide bonds. The topological polar surface area (TPSA) is 34.1 Å². The van der Waals surface area contributed by atoms with E-state index in [4.69, 9.17) is 14.6 Å². The Kier molecular flexibility index (Phi) is 4.27. The van der Waals surface area contributed by atoms with Crippen molar-refractivity contribution in [1.82, 2.24) is 5.01 Å². The minimum absolute atomic E-state index is 0.000289. The van der Waals surface area contributed by atoms with Crippen molar-refractivity contribution >= 4 is 5.71 Å². The van der Waals surface area contributed by atoms with Gasteiger partial charge in [-0.2, -0.15) is 5.10 Å². The molecule has 1 fully saturated rings. The summed E-state index contributed by atoms with van der Waals surface area (Å²) in [6, 6.07) is 17.0. The highest BCUT2D eigenvalue weighted by molar-refractivity contribution is 6.01. The van der Waals surface area contributed by atoms with Crippen LogP contribution in [0.25, 0.3) is 0 Å². The van der Waals surface area contributed by atoms with Crippen molar-refractivity contribution in [2.24, 2.45) is 11.0 Å². The molecule has 3 aliphatic rings. The first-order valence-electron chi connectivity index (χ1n) is 10.1. The van der Waals surface area contributed by atoms with Crippen molar-refractivity contribution in [3.05, 3.63) is 59.7 Å². The molecule has 2 atom stereocenters. The van der Waals surface area contributed by atoms with Crippen molar-refractivity contribution in [3.8, 4) is 11.5 Å². The lowest BCUT2D eigenvalue weighted by Gasteiger charge is -2.43. The van der Waals surface area contributed by atoms with Crippen molar-refractivity contribution in [2.75, 3.05) is 7.11 Å². The predicted octanol–water partition coefficient (Wildman–Crippen LogP) is 5.15. The first-order valence-corrected chi connectivity index (χ1v) is 10.1. The maximum atomic E-state index is 6.59. The molecule has 0 aromatic heterocycles. The van der Waals surface area contributed by atoms with E-state index in [1.165, 1.54) is 43.2 Å². The van der Waals surface area contributed by atoms with Gasteiger partial charge in [-0.3, -0.25) is 0 Å². The van der Waals surface area contributed by atoms with Gasteiger partial charge in [0.25, 0.3) is 0 Å². The first kappa shape index (κ1) is 16.7. The second kappa shape index (κ2) is 6.91. The minimum Gasteiger partial charge on any atom is -0.493 e. The van der Waals surface area contributed by atoms with Crippen LogP contribution in [0.4, 0.5) is 0 Å². The fraction of sp³-hybridized carbons (Fsp3) is 0.435. The largest absolute Gasteiger partial charge is 0.493 e. The molecular weight excluding hydrogens is 336 g/mol. The lowest BCUT2D eigenvalue weighted by atomic mass is 9.86. The Morgan fingerprint density at radius 3 is 2.59 bits per heavy atom. The van der Waals surface area contributed by atoms with E-state index in [1.54, 1.807) is 7.11 Å². The quantitative estimate of drug-likeness (QED) is 0.758. The number of hydrogen-bond donors (Lipinski definition) is 0. The fourth-order valence-electron chi connectivity index (χ4n) is 4.81. The molecule has 0 bridgehead atoms. The highest BCUT2D eigenvalue weighted by Gasteiger charge is 2.44. The molecule has 2 heterocycles. The van der Waals surface area contributed by atoms with Crippen LogP contribution in [-0.2, 0) is 0 Å². The fourth-order valence-corrected chi connectivity index (χ4v) is 4.81. The van der Waals surface area contributed by atoms with Crippen molar-refractivity contribution < 1.29 is 9.47 Å². The SMILES string of the molecule is COc1cccc2c1O[C@H](C1CCCCC1)N1N=C(c3ccccc3)C[C@@H]21. The van der Waals surface area contributed by atoms with Gasteiger partial charge in [-0.15, -0.1) is 0 Å². The lowest BCUT2D eigenvalue weighted by Crippen LogP contribution is -2.46. The lowest BCUT2D eigenvalue weighted by molar-refractivity contribution is -0.0656. The Morgan fingerprint density at radius 2 is 1.81 bits per heavy atom. The molecular formula is C23H26N2O2. The summed E-state index contributed by atoms with van der Waals surface area (Å²) in [5, 5.41) is 7.33. The van der Waals surface area contributed by atoms with Crippen molar-refractivity contribution in [3.63, 3.8) is 0 Å². The van der Waals surface area contributed by atoms with Crippen LogP contribution < -0.4 is 9.47 Å². The van der Waals surface area contributed by atoms with Crippen LogP contribution in [0.3, 0.4) is 0 Å². The van der Waals surface area contributed by atoms with Gasteiger partial charge in [-0.1, -0.05) is 61.7 Å². The van der Waals surface area contributed by atoms with Gasteiger partial charge in [0.2, 0.25) is 0 Å².